The Hall–Kier alpha value is -1.14. The average molecular weight is 284 g/mol. The minimum Gasteiger partial charge on any atom is -0.344 e. The van der Waals surface area contributed by atoms with Gasteiger partial charge < -0.3 is 10.6 Å². The molecule has 1 aromatic carbocycles. The first-order chi connectivity index (χ1) is 8.56. The van der Waals surface area contributed by atoms with E-state index >= 15 is 0 Å². The summed E-state index contributed by atoms with van der Waals surface area (Å²) in [5.74, 6) is -0.256. The van der Waals surface area contributed by atoms with Gasteiger partial charge >= 0.3 is 0 Å². The summed E-state index contributed by atoms with van der Waals surface area (Å²) in [7, 11) is 0. The molecule has 1 atom stereocenters. The molecule has 0 aliphatic heterocycles. The Labute approximate surface area is 116 Å². The number of carbonyl (C=O) groups is 2. The minimum absolute atomic E-state index is 0.248. The maximum absolute atomic E-state index is 11.9. The van der Waals surface area contributed by atoms with Crippen LogP contribution in [0, 0.1) is 0 Å². The van der Waals surface area contributed by atoms with Gasteiger partial charge in [-0.3, -0.25) is 9.59 Å². The Kier molecular flexibility index (Phi) is 6.07. The van der Waals surface area contributed by atoms with Crippen molar-refractivity contribution < 1.29 is 9.59 Å². The maximum Gasteiger partial charge on any atom is 0.247 e. The van der Waals surface area contributed by atoms with Crippen molar-refractivity contribution >= 4 is 41.9 Å². The smallest absolute Gasteiger partial charge is 0.247 e. The van der Waals surface area contributed by atoms with Crippen molar-refractivity contribution in [3.63, 3.8) is 0 Å². The molecule has 0 aromatic heterocycles. The number of rotatable bonds is 5. The van der Waals surface area contributed by atoms with Crippen molar-refractivity contribution in [1.29, 1.82) is 0 Å². The fourth-order valence-electron chi connectivity index (χ4n) is 1.37. The van der Waals surface area contributed by atoms with Gasteiger partial charge in [0, 0.05) is 23.3 Å². The van der Waals surface area contributed by atoms with Crippen LogP contribution in [0.25, 0.3) is 0 Å². The second-order valence-electron chi connectivity index (χ2n) is 3.66. The number of benzene rings is 1. The normalized spacial score (nSPS) is 11.7. The first-order valence-electron chi connectivity index (χ1n) is 5.39. The quantitative estimate of drug-likeness (QED) is 0.570. The number of thiol groups is 1. The fraction of sp³-hybridized carbons (Fsp3) is 0.333. The van der Waals surface area contributed by atoms with E-state index in [-0.39, 0.29) is 17.6 Å². The molecule has 18 heavy (non-hydrogen) atoms. The molecule has 0 saturated carbocycles. The lowest BCUT2D eigenvalue weighted by Crippen LogP contribution is -2.44. The van der Waals surface area contributed by atoms with Crippen LogP contribution in [-0.4, -0.2) is 29.9 Å². The van der Waals surface area contributed by atoms with Crippen molar-refractivity contribution in [2.24, 2.45) is 0 Å². The van der Waals surface area contributed by atoms with E-state index in [1.54, 1.807) is 17.8 Å². The molecule has 1 rings (SSSR count). The van der Waals surface area contributed by atoms with Crippen LogP contribution in [0.1, 0.15) is 6.92 Å². The predicted molar refractivity (Wildman–Crippen MR) is 78.3 cm³/mol. The van der Waals surface area contributed by atoms with Gasteiger partial charge in [0.25, 0.3) is 0 Å². The van der Waals surface area contributed by atoms with Crippen molar-refractivity contribution in [1.82, 2.24) is 5.32 Å². The molecule has 1 aromatic rings. The lowest BCUT2D eigenvalue weighted by atomic mass is 10.2. The van der Waals surface area contributed by atoms with E-state index in [9.17, 15) is 9.59 Å². The second kappa shape index (κ2) is 7.33. The summed E-state index contributed by atoms with van der Waals surface area (Å²) in [5.41, 5.74) is 0.712. The Bertz CT molecular complexity index is 438. The topological polar surface area (TPSA) is 58.2 Å². The number of amides is 2. The second-order valence-corrected chi connectivity index (χ2v) is 4.90. The van der Waals surface area contributed by atoms with Crippen molar-refractivity contribution in [2.75, 3.05) is 17.3 Å². The number of thioether (sulfide) groups is 1. The first-order valence-corrected chi connectivity index (χ1v) is 7.25. The monoisotopic (exact) mass is 284 g/mol. The summed E-state index contributed by atoms with van der Waals surface area (Å²) in [5, 5.41) is 5.30. The van der Waals surface area contributed by atoms with Gasteiger partial charge in [-0.1, -0.05) is 6.07 Å². The lowest BCUT2D eigenvalue weighted by Gasteiger charge is -2.15. The third-order valence-electron chi connectivity index (χ3n) is 2.21. The summed E-state index contributed by atoms with van der Waals surface area (Å²) >= 11 is 5.65. The molecule has 0 fully saturated rings. The van der Waals surface area contributed by atoms with Gasteiger partial charge in [0.1, 0.15) is 6.04 Å². The molecule has 2 N–H and O–H groups in total. The van der Waals surface area contributed by atoms with Gasteiger partial charge in [-0.25, -0.2) is 0 Å². The van der Waals surface area contributed by atoms with Gasteiger partial charge in [-0.2, -0.15) is 12.6 Å². The molecule has 0 heterocycles. The first kappa shape index (κ1) is 14.9. The van der Waals surface area contributed by atoms with Crippen LogP contribution in [0.3, 0.4) is 0 Å². The highest BCUT2D eigenvalue weighted by Gasteiger charge is 2.17. The number of hydrogen-bond donors (Lipinski definition) is 3. The van der Waals surface area contributed by atoms with Crippen molar-refractivity contribution in [3.05, 3.63) is 24.3 Å². The van der Waals surface area contributed by atoms with Gasteiger partial charge in [0.2, 0.25) is 11.8 Å². The molecule has 6 heteroatoms. The molecule has 4 nitrogen and oxygen atoms in total. The zero-order chi connectivity index (χ0) is 13.5. The Morgan fingerprint density at radius 2 is 2.17 bits per heavy atom. The zero-order valence-electron chi connectivity index (χ0n) is 10.3. The molecule has 0 radical (unpaired) electrons. The van der Waals surface area contributed by atoms with Crippen LogP contribution in [0.5, 0.6) is 0 Å². The third kappa shape index (κ3) is 4.62. The van der Waals surface area contributed by atoms with E-state index in [2.05, 4.69) is 23.3 Å². The van der Waals surface area contributed by atoms with E-state index in [0.717, 1.165) is 4.90 Å². The van der Waals surface area contributed by atoms with Gasteiger partial charge in [0.05, 0.1) is 0 Å². The molecule has 0 aliphatic carbocycles. The Balaban J connectivity index is 2.69. The third-order valence-corrected chi connectivity index (χ3v) is 3.30. The lowest BCUT2D eigenvalue weighted by molar-refractivity contribution is -0.124. The van der Waals surface area contributed by atoms with Crippen molar-refractivity contribution in [2.45, 2.75) is 17.9 Å². The number of anilines is 1. The van der Waals surface area contributed by atoms with Crippen LogP contribution in [0.4, 0.5) is 5.69 Å². The summed E-state index contributed by atoms with van der Waals surface area (Å²) in [6.45, 7) is 1.37. The van der Waals surface area contributed by atoms with Crippen LogP contribution >= 0.6 is 24.4 Å². The standard InChI is InChI=1S/C12H16N2O2S2/c1-8(15)13-11(7-17)12(16)14-9-4-3-5-10(6-9)18-2/h3-6,11,17H,7H2,1-2H3,(H,13,15)(H,14,16). The number of nitrogens with one attached hydrogen (secondary N) is 2. The average Bonchev–Trinajstić information content (AvgIpc) is 2.35. The molecule has 2 amide bonds. The van der Waals surface area contributed by atoms with Crippen LogP contribution in [0.15, 0.2) is 29.2 Å². The summed E-state index contributed by atoms with van der Waals surface area (Å²) < 4.78 is 0. The number of carbonyl (C=O) groups excluding carboxylic acids is 2. The van der Waals surface area contributed by atoms with E-state index in [1.165, 1.54) is 6.92 Å². The molecule has 98 valence electrons. The van der Waals surface area contributed by atoms with E-state index in [4.69, 9.17) is 0 Å². The maximum atomic E-state index is 11.9. The largest absolute Gasteiger partial charge is 0.344 e. The Morgan fingerprint density at radius 1 is 1.44 bits per heavy atom. The summed E-state index contributed by atoms with van der Waals surface area (Å²) in [6.07, 6.45) is 1.97. The molecule has 0 aliphatic rings. The summed E-state index contributed by atoms with van der Waals surface area (Å²) in [4.78, 5) is 23.9. The SMILES string of the molecule is CSc1cccc(NC(=O)C(CS)NC(C)=O)c1. The van der Waals surface area contributed by atoms with Crippen LogP contribution in [0.2, 0.25) is 0 Å². The molecule has 0 saturated heterocycles. The molecule has 0 bridgehead atoms. The summed E-state index contributed by atoms with van der Waals surface area (Å²) in [6, 6.07) is 6.90. The Morgan fingerprint density at radius 3 is 2.72 bits per heavy atom. The van der Waals surface area contributed by atoms with E-state index in [1.807, 2.05) is 24.5 Å². The van der Waals surface area contributed by atoms with Gasteiger partial charge in [-0.05, 0) is 24.5 Å². The van der Waals surface area contributed by atoms with E-state index < -0.39 is 6.04 Å². The fourth-order valence-corrected chi connectivity index (χ4v) is 2.09. The highest BCUT2D eigenvalue weighted by molar-refractivity contribution is 7.98. The highest BCUT2D eigenvalue weighted by atomic mass is 32.2. The molecule has 1 unspecified atom stereocenters. The van der Waals surface area contributed by atoms with Crippen LogP contribution in [-0.2, 0) is 9.59 Å². The molecular formula is C12H16N2O2S2. The number of hydrogen-bond acceptors (Lipinski definition) is 4. The highest BCUT2D eigenvalue weighted by Crippen LogP contribution is 2.19. The van der Waals surface area contributed by atoms with Crippen LogP contribution < -0.4 is 10.6 Å². The minimum atomic E-state index is -0.622. The molecule has 0 spiro atoms. The van der Waals surface area contributed by atoms with E-state index in [0.29, 0.717) is 5.69 Å². The van der Waals surface area contributed by atoms with Gasteiger partial charge in [0.15, 0.2) is 0 Å². The van der Waals surface area contributed by atoms with Crippen molar-refractivity contribution in [3.8, 4) is 0 Å². The van der Waals surface area contributed by atoms with Gasteiger partial charge in [-0.15, -0.1) is 11.8 Å². The molecular weight excluding hydrogens is 268 g/mol. The predicted octanol–water partition coefficient (Wildman–Crippen LogP) is 1.78. The zero-order valence-corrected chi connectivity index (χ0v) is 12.0.